The molecule has 10 atom stereocenters. The van der Waals surface area contributed by atoms with Crippen molar-refractivity contribution in [2.75, 3.05) is 20.3 Å². The van der Waals surface area contributed by atoms with Gasteiger partial charge in [0.1, 0.15) is 71.3 Å². The average molecular weight is 657 g/mol. The zero-order chi connectivity index (χ0) is 33.6. The Morgan fingerprint density at radius 3 is 1.93 bits per heavy atom. The molecule has 0 amide bonds. The highest BCUT2D eigenvalue weighted by Gasteiger charge is 2.51. The van der Waals surface area contributed by atoms with E-state index in [9.17, 15) is 61.0 Å². The van der Waals surface area contributed by atoms with Gasteiger partial charge in [0.15, 0.2) is 23.5 Å². The van der Waals surface area contributed by atoms with Gasteiger partial charge in [0.25, 0.3) is 0 Å². The fraction of sp³-hybridized carbons (Fsp3) is 0.464. The minimum atomic E-state index is -2.08. The van der Waals surface area contributed by atoms with E-state index in [0.717, 1.165) is 24.3 Å². The van der Waals surface area contributed by atoms with Crippen LogP contribution in [-0.4, -0.2) is 138 Å². The Morgan fingerprint density at radius 1 is 0.717 bits per heavy atom. The van der Waals surface area contributed by atoms with Crippen LogP contribution in [0.5, 0.6) is 34.5 Å². The van der Waals surface area contributed by atoms with Crippen LogP contribution in [0, 0.1) is 0 Å². The Labute approximate surface area is 257 Å². The Bertz CT molecular complexity index is 1600. The summed E-state index contributed by atoms with van der Waals surface area (Å²) in [7, 11) is 1.17. The maximum Gasteiger partial charge on any atom is 0.239 e. The Hall–Kier alpha value is -3.95. The lowest BCUT2D eigenvalue weighted by atomic mass is 9.97. The minimum absolute atomic E-state index is 0.194. The molecule has 2 aromatic carbocycles. The number of ether oxygens (including phenoxy) is 5. The molecule has 3 heterocycles. The van der Waals surface area contributed by atoms with Crippen molar-refractivity contribution < 1.29 is 84.3 Å². The van der Waals surface area contributed by atoms with Crippen LogP contribution in [0.3, 0.4) is 0 Å². The third-order valence-electron chi connectivity index (χ3n) is 7.63. The quantitative estimate of drug-likeness (QED) is 0.117. The van der Waals surface area contributed by atoms with E-state index in [-0.39, 0.29) is 16.9 Å². The van der Waals surface area contributed by atoms with Crippen molar-refractivity contribution in [3.05, 3.63) is 34.5 Å². The molecule has 2 aliphatic heterocycles. The van der Waals surface area contributed by atoms with Gasteiger partial charge < -0.3 is 84.3 Å². The molecule has 2 aliphatic rings. The van der Waals surface area contributed by atoms with Crippen molar-refractivity contribution in [2.45, 2.75) is 61.4 Å². The fourth-order valence-corrected chi connectivity index (χ4v) is 5.27. The third kappa shape index (κ3) is 5.86. The maximum atomic E-state index is 13.7. The number of phenols is 4. The van der Waals surface area contributed by atoms with Gasteiger partial charge in [0.05, 0.1) is 20.3 Å². The lowest BCUT2D eigenvalue weighted by Crippen LogP contribution is -2.65. The van der Waals surface area contributed by atoms with Crippen LogP contribution in [0.1, 0.15) is 0 Å². The summed E-state index contributed by atoms with van der Waals surface area (Å²) in [4.78, 5) is 13.7. The van der Waals surface area contributed by atoms with Gasteiger partial charge in [-0.15, -0.1) is 0 Å². The van der Waals surface area contributed by atoms with Gasteiger partial charge in [-0.2, -0.15) is 0 Å². The molecule has 5 rings (SSSR count). The smallest absolute Gasteiger partial charge is 0.239 e. The molecular formula is C28H32O18. The summed E-state index contributed by atoms with van der Waals surface area (Å²) in [6, 6.07) is 3.87. The first-order chi connectivity index (χ1) is 21.8. The summed E-state index contributed by atoms with van der Waals surface area (Å²) < 4.78 is 32.7. The largest absolute Gasteiger partial charge is 0.508 e. The molecule has 0 bridgehead atoms. The SMILES string of the molecule is COc1c(O)cc(-c2oc3cc(O)cc(O)c3c(=O)c2O[C@@H]2O[C@H](CO)[C@@H](O[C@@H]3O[C@H](CO)[C@@H](O)[C@H](O)[C@H]3O)[C@H](O)[C@H]2O)cc1O. The van der Waals surface area contributed by atoms with E-state index in [0.29, 0.717) is 0 Å². The molecule has 1 aromatic heterocycles. The lowest BCUT2D eigenvalue weighted by Gasteiger charge is -2.45. The normalized spacial score (nSPS) is 31.6. The number of rotatable bonds is 8. The van der Waals surface area contributed by atoms with Gasteiger partial charge in [-0.05, 0) is 12.1 Å². The van der Waals surface area contributed by atoms with Gasteiger partial charge in [-0.3, -0.25) is 4.79 Å². The molecule has 46 heavy (non-hydrogen) atoms. The second-order valence-electron chi connectivity index (χ2n) is 10.6. The van der Waals surface area contributed by atoms with Crippen LogP contribution in [-0.2, 0) is 14.2 Å². The number of fused-ring (bicyclic) bond motifs is 1. The van der Waals surface area contributed by atoms with Gasteiger partial charge >= 0.3 is 0 Å². The predicted octanol–water partition coefficient (Wildman–Crippen LogP) is -2.71. The minimum Gasteiger partial charge on any atom is -0.508 e. The van der Waals surface area contributed by atoms with Gasteiger partial charge in [0, 0.05) is 17.7 Å². The Morgan fingerprint density at radius 2 is 1.33 bits per heavy atom. The molecule has 0 saturated carbocycles. The van der Waals surface area contributed by atoms with Gasteiger partial charge in [-0.1, -0.05) is 0 Å². The van der Waals surface area contributed by atoms with Crippen molar-refractivity contribution in [3.63, 3.8) is 0 Å². The molecule has 3 aromatic rings. The Kier molecular flexibility index (Phi) is 9.47. The highest BCUT2D eigenvalue weighted by Crippen LogP contribution is 2.43. The highest BCUT2D eigenvalue weighted by atomic mass is 16.7. The molecule has 0 radical (unpaired) electrons. The summed E-state index contributed by atoms with van der Waals surface area (Å²) in [6.45, 7) is -1.70. The summed E-state index contributed by atoms with van der Waals surface area (Å²) in [5.41, 5.74) is -1.64. The van der Waals surface area contributed by atoms with E-state index in [1.165, 1.54) is 7.11 Å². The van der Waals surface area contributed by atoms with E-state index in [1.54, 1.807) is 0 Å². The van der Waals surface area contributed by atoms with Crippen LogP contribution in [0.15, 0.2) is 33.5 Å². The van der Waals surface area contributed by atoms with E-state index < -0.39 is 120 Å². The summed E-state index contributed by atoms with van der Waals surface area (Å²) >= 11 is 0. The second-order valence-corrected chi connectivity index (χ2v) is 10.6. The van der Waals surface area contributed by atoms with E-state index >= 15 is 0 Å². The van der Waals surface area contributed by atoms with Gasteiger partial charge in [0.2, 0.25) is 23.2 Å². The third-order valence-corrected chi connectivity index (χ3v) is 7.63. The van der Waals surface area contributed by atoms with Crippen molar-refractivity contribution >= 4 is 11.0 Å². The van der Waals surface area contributed by atoms with Crippen LogP contribution in [0.25, 0.3) is 22.3 Å². The van der Waals surface area contributed by atoms with Crippen molar-refractivity contribution in [1.29, 1.82) is 0 Å². The van der Waals surface area contributed by atoms with Crippen molar-refractivity contribution in [2.24, 2.45) is 0 Å². The molecule has 18 heteroatoms. The first-order valence-corrected chi connectivity index (χ1v) is 13.7. The topological polar surface area (TPSA) is 299 Å². The molecule has 0 spiro atoms. The summed E-state index contributed by atoms with van der Waals surface area (Å²) in [5.74, 6) is -4.02. The number of aliphatic hydroxyl groups is 7. The zero-order valence-electron chi connectivity index (χ0n) is 23.8. The van der Waals surface area contributed by atoms with Gasteiger partial charge in [-0.25, -0.2) is 0 Å². The molecule has 11 N–H and O–H groups in total. The van der Waals surface area contributed by atoms with E-state index in [1.807, 2.05) is 0 Å². The molecular weight excluding hydrogens is 624 g/mol. The van der Waals surface area contributed by atoms with Crippen molar-refractivity contribution in [3.8, 4) is 45.8 Å². The van der Waals surface area contributed by atoms with E-state index in [2.05, 4.69) is 0 Å². The molecule has 2 saturated heterocycles. The zero-order valence-corrected chi connectivity index (χ0v) is 23.8. The first kappa shape index (κ1) is 33.4. The number of hydrogen-bond acceptors (Lipinski definition) is 18. The summed E-state index contributed by atoms with van der Waals surface area (Å²) in [6.07, 6.45) is -17.9. The Balaban J connectivity index is 1.52. The lowest BCUT2D eigenvalue weighted by molar-refractivity contribution is -0.352. The molecule has 2 fully saturated rings. The second kappa shape index (κ2) is 13.0. The number of aliphatic hydroxyl groups excluding tert-OH is 7. The van der Waals surface area contributed by atoms with Crippen molar-refractivity contribution in [1.82, 2.24) is 0 Å². The van der Waals surface area contributed by atoms with Crippen LogP contribution in [0.2, 0.25) is 0 Å². The summed E-state index contributed by atoms with van der Waals surface area (Å²) in [5, 5.41) is 112. The number of hydrogen-bond donors (Lipinski definition) is 11. The monoisotopic (exact) mass is 656 g/mol. The molecule has 0 aliphatic carbocycles. The fourth-order valence-electron chi connectivity index (χ4n) is 5.27. The van der Waals surface area contributed by atoms with Crippen LogP contribution in [0.4, 0.5) is 0 Å². The molecule has 252 valence electrons. The number of methoxy groups -OCH3 is 1. The average Bonchev–Trinajstić information content (AvgIpc) is 3.01. The van der Waals surface area contributed by atoms with E-state index in [4.69, 9.17) is 28.1 Å². The number of benzene rings is 2. The first-order valence-electron chi connectivity index (χ1n) is 13.7. The molecule has 0 unspecified atom stereocenters. The number of aromatic hydroxyl groups is 4. The standard InChI is InChI=1S/C28H32O18/c1-41-24-11(33)2-8(3-12(24)34)23-26(18(36)16-10(32)4-9(31)5-13(16)42-23)46-28-22(40)20(38)25(15(7-30)44-28)45-27-21(39)19(37)17(35)14(6-29)43-27/h2-5,14-15,17,19-22,25,27-35,37-40H,6-7H2,1H3/t14-,15-,17-,19+,20-,21-,22-,25-,27+,28+/m1/s1. The number of phenolic OH excluding ortho intramolecular Hbond substituents is 4. The molecule has 18 nitrogen and oxygen atoms in total. The highest BCUT2D eigenvalue weighted by molar-refractivity contribution is 5.88. The maximum absolute atomic E-state index is 13.7. The predicted molar refractivity (Wildman–Crippen MR) is 148 cm³/mol. The van der Waals surface area contributed by atoms with Crippen LogP contribution < -0.4 is 14.9 Å². The van der Waals surface area contributed by atoms with Crippen LogP contribution >= 0.6 is 0 Å².